The minimum Gasteiger partial charge on any atom is -0.423 e. The molecule has 0 unspecified atom stereocenters. The summed E-state index contributed by atoms with van der Waals surface area (Å²) in [7, 11) is 1.79. The molecule has 1 N–H and O–H groups in total. The largest absolute Gasteiger partial charge is 0.423 e. The lowest BCUT2D eigenvalue weighted by molar-refractivity contribution is 0.0735. The number of pyridine rings is 1. The molecule has 0 atom stereocenters. The van der Waals surface area contributed by atoms with Crippen molar-refractivity contribution in [2.24, 2.45) is 0 Å². The molecule has 0 aliphatic rings. The number of rotatable bonds is 4. The van der Waals surface area contributed by atoms with Gasteiger partial charge < -0.3 is 10.1 Å². The van der Waals surface area contributed by atoms with E-state index in [1.54, 1.807) is 55.8 Å². The van der Waals surface area contributed by atoms with Crippen LogP contribution in [-0.2, 0) is 0 Å². The van der Waals surface area contributed by atoms with Crippen LogP contribution in [0.5, 0.6) is 5.75 Å². The lowest BCUT2D eigenvalue weighted by Crippen LogP contribution is -2.08. The van der Waals surface area contributed by atoms with Crippen molar-refractivity contribution < 1.29 is 9.53 Å². The molecule has 0 aliphatic carbocycles. The van der Waals surface area contributed by atoms with Crippen molar-refractivity contribution in [3.05, 3.63) is 78.6 Å². The molecule has 6 nitrogen and oxygen atoms in total. The van der Waals surface area contributed by atoms with E-state index in [0.29, 0.717) is 23.0 Å². The Bertz CT molecular complexity index is 1100. The average molecular weight is 356 g/mol. The molecule has 2 heterocycles. The number of nitrogens with one attached hydrogen (secondary N) is 1. The van der Waals surface area contributed by atoms with Crippen molar-refractivity contribution in [2.45, 2.75) is 0 Å². The van der Waals surface area contributed by atoms with Gasteiger partial charge in [-0.25, -0.2) is 14.8 Å². The number of benzene rings is 2. The summed E-state index contributed by atoms with van der Waals surface area (Å²) in [5.74, 6) is 1.25. The fraction of sp³-hybridized carbons (Fsp3) is 0.0476. The Morgan fingerprint density at radius 1 is 1.00 bits per heavy atom. The molecular formula is C21H16N4O2. The lowest BCUT2D eigenvalue weighted by atomic mass is 10.2. The Labute approximate surface area is 155 Å². The second-order valence-corrected chi connectivity index (χ2v) is 5.82. The van der Waals surface area contributed by atoms with Crippen LogP contribution in [0, 0.1) is 0 Å². The quantitative estimate of drug-likeness (QED) is 0.441. The highest BCUT2D eigenvalue weighted by atomic mass is 16.5. The standard InChI is InChI=1S/C21H16N4O2/c1-22-20-17-12-16(27-21(26)14-6-3-2-4-7-14)9-10-18(17)24-19(25-20)15-8-5-11-23-13-15/h2-13H,1H3,(H,22,24,25). The molecule has 4 rings (SSSR count). The van der Waals surface area contributed by atoms with Gasteiger partial charge >= 0.3 is 5.97 Å². The Hall–Kier alpha value is -3.80. The van der Waals surface area contributed by atoms with Crippen molar-refractivity contribution in [1.82, 2.24) is 15.0 Å². The monoisotopic (exact) mass is 356 g/mol. The number of carbonyl (C=O) groups excluding carboxylic acids is 1. The highest BCUT2D eigenvalue weighted by molar-refractivity contribution is 5.94. The van der Waals surface area contributed by atoms with Crippen molar-refractivity contribution in [3.8, 4) is 17.1 Å². The predicted molar refractivity (Wildman–Crippen MR) is 104 cm³/mol. The molecule has 27 heavy (non-hydrogen) atoms. The first-order valence-electron chi connectivity index (χ1n) is 8.42. The second kappa shape index (κ2) is 7.21. The Balaban J connectivity index is 1.71. The Kier molecular flexibility index (Phi) is 4.45. The summed E-state index contributed by atoms with van der Waals surface area (Å²) in [6, 6.07) is 17.9. The predicted octanol–water partition coefficient (Wildman–Crippen LogP) is 3.95. The van der Waals surface area contributed by atoms with Crippen molar-refractivity contribution in [2.75, 3.05) is 12.4 Å². The molecule has 0 aliphatic heterocycles. The van der Waals surface area contributed by atoms with Gasteiger partial charge in [-0.15, -0.1) is 0 Å². The van der Waals surface area contributed by atoms with Crippen LogP contribution in [0.4, 0.5) is 5.82 Å². The first-order valence-corrected chi connectivity index (χ1v) is 8.42. The summed E-state index contributed by atoms with van der Waals surface area (Å²) in [6.45, 7) is 0. The molecule has 0 saturated heterocycles. The van der Waals surface area contributed by atoms with Crippen LogP contribution < -0.4 is 10.1 Å². The second-order valence-electron chi connectivity index (χ2n) is 5.82. The molecule has 4 aromatic rings. The van der Waals surface area contributed by atoms with Crippen LogP contribution >= 0.6 is 0 Å². The van der Waals surface area contributed by atoms with Crippen LogP contribution in [0.3, 0.4) is 0 Å². The SMILES string of the molecule is CNc1nc(-c2cccnc2)nc2ccc(OC(=O)c3ccccc3)cc12. The number of esters is 1. The Morgan fingerprint density at radius 2 is 1.85 bits per heavy atom. The van der Waals surface area contributed by atoms with E-state index < -0.39 is 5.97 Å². The first kappa shape index (κ1) is 16.7. The highest BCUT2D eigenvalue weighted by Gasteiger charge is 2.12. The van der Waals surface area contributed by atoms with Crippen LogP contribution in [0.1, 0.15) is 10.4 Å². The zero-order valence-electron chi connectivity index (χ0n) is 14.6. The molecule has 0 radical (unpaired) electrons. The number of hydrogen-bond donors (Lipinski definition) is 1. The van der Waals surface area contributed by atoms with Gasteiger partial charge in [0.25, 0.3) is 0 Å². The molecule has 0 fully saturated rings. The number of aromatic nitrogens is 3. The van der Waals surface area contributed by atoms with E-state index in [1.807, 2.05) is 24.3 Å². The van der Waals surface area contributed by atoms with Crippen molar-refractivity contribution >= 4 is 22.7 Å². The molecule has 2 aromatic carbocycles. The first-order chi connectivity index (χ1) is 13.2. The smallest absolute Gasteiger partial charge is 0.343 e. The number of ether oxygens (including phenoxy) is 1. The fourth-order valence-electron chi connectivity index (χ4n) is 2.73. The summed E-state index contributed by atoms with van der Waals surface area (Å²) in [5.41, 5.74) is 2.07. The number of fused-ring (bicyclic) bond motifs is 1. The normalized spacial score (nSPS) is 10.6. The third kappa shape index (κ3) is 3.46. The molecule has 2 aromatic heterocycles. The van der Waals surface area contributed by atoms with Crippen molar-refractivity contribution in [3.63, 3.8) is 0 Å². The molecular weight excluding hydrogens is 340 g/mol. The lowest BCUT2D eigenvalue weighted by Gasteiger charge is -2.10. The van der Waals surface area contributed by atoms with E-state index in [-0.39, 0.29) is 0 Å². The van der Waals surface area contributed by atoms with Gasteiger partial charge in [-0.2, -0.15) is 0 Å². The van der Waals surface area contributed by atoms with Gasteiger partial charge in [0.2, 0.25) is 0 Å². The van der Waals surface area contributed by atoms with Crippen LogP contribution in [0.15, 0.2) is 73.1 Å². The maximum atomic E-state index is 12.3. The van der Waals surface area contributed by atoms with E-state index >= 15 is 0 Å². The van der Waals surface area contributed by atoms with Gasteiger partial charge in [-0.1, -0.05) is 18.2 Å². The van der Waals surface area contributed by atoms with Crippen molar-refractivity contribution in [1.29, 1.82) is 0 Å². The average Bonchev–Trinajstić information content (AvgIpc) is 2.74. The minimum absolute atomic E-state index is 0.408. The molecule has 0 spiro atoms. The van der Waals surface area contributed by atoms with Gasteiger partial charge in [0.1, 0.15) is 11.6 Å². The van der Waals surface area contributed by atoms with Gasteiger partial charge in [0.15, 0.2) is 5.82 Å². The third-order valence-electron chi connectivity index (χ3n) is 4.04. The van der Waals surface area contributed by atoms with E-state index in [9.17, 15) is 4.79 Å². The number of anilines is 1. The summed E-state index contributed by atoms with van der Waals surface area (Å²) in [5, 5.41) is 3.85. The zero-order chi connectivity index (χ0) is 18.6. The molecule has 0 amide bonds. The van der Waals surface area contributed by atoms with E-state index in [4.69, 9.17) is 4.74 Å². The summed E-state index contributed by atoms with van der Waals surface area (Å²) in [6.07, 6.45) is 3.42. The molecule has 0 saturated carbocycles. The fourth-order valence-corrected chi connectivity index (χ4v) is 2.73. The van der Waals surface area contributed by atoms with E-state index in [0.717, 1.165) is 16.5 Å². The summed E-state index contributed by atoms with van der Waals surface area (Å²) < 4.78 is 5.49. The maximum absolute atomic E-state index is 12.3. The van der Waals surface area contributed by atoms with E-state index in [2.05, 4.69) is 20.3 Å². The zero-order valence-corrected chi connectivity index (χ0v) is 14.6. The highest BCUT2D eigenvalue weighted by Crippen LogP contribution is 2.28. The number of nitrogens with zero attached hydrogens (tertiary/aromatic N) is 3. The maximum Gasteiger partial charge on any atom is 0.343 e. The number of hydrogen-bond acceptors (Lipinski definition) is 6. The summed E-state index contributed by atoms with van der Waals surface area (Å²) in [4.78, 5) is 25.5. The van der Waals surface area contributed by atoms with Crippen LogP contribution in [-0.4, -0.2) is 28.0 Å². The van der Waals surface area contributed by atoms with Gasteiger partial charge in [0, 0.05) is 30.4 Å². The van der Waals surface area contributed by atoms with Crippen LogP contribution in [0.2, 0.25) is 0 Å². The molecule has 0 bridgehead atoms. The molecule has 132 valence electrons. The molecule has 6 heteroatoms. The van der Waals surface area contributed by atoms with Gasteiger partial charge in [0.05, 0.1) is 11.1 Å². The Morgan fingerprint density at radius 3 is 2.59 bits per heavy atom. The topological polar surface area (TPSA) is 77.0 Å². The van der Waals surface area contributed by atoms with E-state index in [1.165, 1.54) is 0 Å². The number of carbonyl (C=O) groups is 1. The van der Waals surface area contributed by atoms with Crippen LogP contribution in [0.25, 0.3) is 22.3 Å². The minimum atomic E-state index is -0.408. The third-order valence-corrected chi connectivity index (χ3v) is 4.04. The van der Waals surface area contributed by atoms with Gasteiger partial charge in [-0.05, 0) is 42.5 Å². The summed E-state index contributed by atoms with van der Waals surface area (Å²) >= 11 is 0. The van der Waals surface area contributed by atoms with Gasteiger partial charge in [-0.3, -0.25) is 4.98 Å².